The SMILES string of the molecule is CC1C=CC=C2C(=C1)C=NS2(=O)=O. The van der Waals surface area contributed by atoms with Gasteiger partial charge in [0.1, 0.15) is 0 Å². The molecule has 1 aliphatic carbocycles. The van der Waals surface area contributed by atoms with Gasteiger partial charge in [0.25, 0.3) is 10.0 Å². The molecule has 68 valence electrons. The lowest BCUT2D eigenvalue weighted by Crippen LogP contribution is -1.95. The topological polar surface area (TPSA) is 46.5 Å². The zero-order valence-electron chi connectivity index (χ0n) is 7.14. The molecule has 1 aliphatic heterocycles. The molecule has 0 saturated carbocycles. The molecular weight excluding hydrogens is 186 g/mol. The summed E-state index contributed by atoms with van der Waals surface area (Å²) in [7, 11) is -3.38. The van der Waals surface area contributed by atoms with Gasteiger partial charge in [-0.1, -0.05) is 25.2 Å². The van der Waals surface area contributed by atoms with Crippen molar-refractivity contribution in [1.29, 1.82) is 0 Å². The zero-order valence-corrected chi connectivity index (χ0v) is 7.95. The maximum absolute atomic E-state index is 11.3. The van der Waals surface area contributed by atoms with Gasteiger partial charge in [-0.25, -0.2) is 0 Å². The molecule has 2 rings (SSSR count). The molecule has 0 aromatic carbocycles. The number of nitrogens with zero attached hydrogens (tertiary/aromatic N) is 1. The summed E-state index contributed by atoms with van der Waals surface area (Å²) >= 11 is 0. The molecule has 0 radical (unpaired) electrons. The predicted molar refractivity (Wildman–Crippen MR) is 51.9 cm³/mol. The zero-order chi connectivity index (χ0) is 9.47. The smallest absolute Gasteiger partial charge is 0.199 e. The van der Waals surface area contributed by atoms with Crippen LogP contribution in [0.5, 0.6) is 0 Å². The molecule has 13 heavy (non-hydrogen) atoms. The first kappa shape index (κ1) is 8.44. The van der Waals surface area contributed by atoms with E-state index >= 15 is 0 Å². The van der Waals surface area contributed by atoms with E-state index in [1.165, 1.54) is 6.21 Å². The van der Waals surface area contributed by atoms with Crippen LogP contribution in [0.1, 0.15) is 6.92 Å². The third-order valence-electron chi connectivity index (χ3n) is 2.00. The monoisotopic (exact) mass is 195 g/mol. The van der Waals surface area contributed by atoms with Crippen molar-refractivity contribution in [2.24, 2.45) is 10.3 Å². The normalized spacial score (nSPS) is 29.2. The van der Waals surface area contributed by atoms with Crippen molar-refractivity contribution >= 4 is 16.2 Å². The Bertz CT molecular complexity index is 452. The molecule has 2 aliphatic rings. The summed E-state index contributed by atoms with van der Waals surface area (Å²) < 4.78 is 26.1. The average Bonchev–Trinajstić information content (AvgIpc) is 2.26. The highest BCUT2D eigenvalue weighted by Crippen LogP contribution is 2.27. The molecule has 0 aromatic rings. The van der Waals surface area contributed by atoms with Crippen LogP contribution in [0.15, 0.2) is 39.2 Å². The highest BCUT2D eigenvalue weighted by molar-refractivity contribution is 7.94. The van der Waals surface area contributed by atoms with Crippen LogP contribution >= 0.6 is 0 Å². The van der Waals surface area contributed by atoms with Gasteiger partial charge in [0.2, 0.25) is 0 Å². The lowest BCUT2D eigenvalue weighted by Gasteiger charge is -1.97. The van der Waals surface area contributed by atoms with E-state index in [9.17, 15) is 8.42 Å². The van der Waals surface area contributed by atoms with E-state index in [1.54, 1.807) is 12.2 Å². The summed E-state index contributed by atoms with van der Waals surface area (Å²) in [5, 5.41) is 0. The first-order valence-electron chi connectivity index (χ1n) is 4.00. The van der Waals surface area contributed by atoms with Gasteiger partial charge in [-0.15, -0.1) is 0 Å². The summed E-state index contributed by atoms with van der Waals surface area (Å²) in [4.78, 5) is 0.313. The second-order valence-corrected chi connectivity index (χ2v) is 4.71. The molecular formula is C9H9NO2S. The van der Waals surface area contributed by atoms with Crippen LogP contribution in [0.3, 0.4) is 0 Å². The van der Waals surface area contributed by atoms with Crippen LogP contribution in [-0.2, 0) is 10.0 Å². The van der Waals surface area contributed by atoms with Gasteiger partial charge in [0.15, 0.2) is 0 Å². The Balaban J connectivity index is 2.60. The van der Waals surface area contributed by atoms with E-state index in [-0.39, 0.29) is 5.92 Å². The van der Waals surface area contributed by atoms with Gasteiger partial charge in [0.05, 0.1) is 4.91 Å². The lowest BCUT2D eigenvalue weighted by molar-refractivity contribution is 0.605. The summed E-state index contributed by atoms with van der Waals surface area (Å²) in [6.07, 6.45) is 8.60. The number of hydrogen-bond acceptors (Lipinski definition) is 2. The van der Waals surface area contributed by atoms with E-state index in [1.807, 2.05) is 19.1 Å². The maximum Gasteiger partial charge on any atom is 0.282 e. The summed E-state index contributed by atoms with van der Waals surface area (Å²) in [5.74, 6) is 0.253. The second kappa shape index (κ2) is 2.67. The first-order valence-corrected chi connectivity index (χ1v) is 5.45. The highest BCUT2D eigenvalue weighted by Gasteiger charge is 2.25. The van der Waals surface area contributed by atoms with E-state index < -0.39 is 10.0 Å². The molecule has 4 heteroatoms. The van der Waals surface area contributed by atoms with Crippen LogP contribution in [0.4, 0.5) is 0 Å². The standard InChI is InChI=1S/C9H9NO2S/c1-7-3-2-4-9-8(5-7)6-10-13(9,11)12/h2-7H,1H3. The van der Waals surface area contributed by atoms with Gasteiger partial charge < -0.3 is 0 Å². The van der Waals surface area contributed by atoms with Gasteiger partial charge in [-0.2, -0.15) is 12.8 Å². The van der Waals surface area contributed by atoms with Crippen LogP contribution < -0.4 is 0 Å². The minimum Gasteiger partial charge on any atom is -0.199 e. The van der Waals surface area contributed by atoms with Gasteiger partial charge in [-0.05, 0) is 12.0 Å². The van der Waals surface area contributed by atoms with Gasteiger partial charge >= 0.3 is 0 Å². The number of sulfonamides is 1. The third-order valence-corrected chi connectivity index (χ3v) is 3.31. The number of rotatable bonds is 0. The fourth-order valence-electron chi connectivity index (χ4n) is 1.36. The molecule has 1 atom stereocenters. The Morgan fingerprint density at radius 2 is 2.23 bits per heavy atom. The Hall–Kier alpha value is -1.16. The third kappa shape index (κ3) is 1.37. The van der Waals surface area contributed by atoms with Crippen molar-refractivity contribution in [2.75, 3.05) is 0 Å². The maximum atomic E-state index is 11.3. The van der Waals surface area contributed by atoms with Crippen molar-refractivity contribution < 1.29 is 8.42 Å². The van der Waals surface area contributed by atoms with Crippen molar-refractivity contribution in [3.05, 3.63) is 34.8 Å². The molecule has 0 saturated heterocycles. The molecule has 0 aromatic heterocycles. The van der Waals surface area contributed by atoms with E-state index in [4.69, 9.17) is 0 Å². The van der Waals surface area contributed by atoms with Gasteiger partial charge in [0, 0.05) is 11.8 Å². The lowest BCUT2D eigenvalue weighted by atomic mass is 10.1. The van der Waals surface area contributed by atoms with Gasteiger partial charge in [-0.3, -0.25) is 0 Å². The van der Waals surface area contributed by atoms with Crippen LogP contribution in [-0.4, -0.2) is 14.6 Å². The van der Waals surface area contributed by atoms with E-state index in [2.05, 4.69) is 4.40 Å². The number of hydrogen-bond donors (Lipinski definition) is 0. The summed E-state index contributed by atoms with van der Waals surface area (Å²) in [6, 6.07) is 0. The highest BCUT2D eigenvalue weighted by atomic mass is 32.2. The van der Waals surface area contributed by atoms with Crippen molar-refractivity contribution in [3.8, 4) is 0 Å². The molecule has 0 amide bonds. The average molecular weight is 195 g/mol. The fourth-order valence-corrected chi connectivity index (χ4v) is 2.39. The van der Waals surface area contributed by atoms with Crippen LogP contribution in [0.2, 0.25) is 0 Å². The van der Waals surface area contributed by atoms with Crippen LogP contribution in [0, 0.1) is 5.92 Å². The molecule has 0 bridgehead atoms. The van der Waals surface area contributed by atoms with E-state index in [0.717, 1.165) is 0 Å². The predicted octanol–water partition coefficient (Wildman–Crippen LogP) is 1.42. The second-order valence-electron chi connectivity index (χ2n) is 3.11. The fraction of sp³-hybridized carbons (Fsp3) is 0.222. The largest absolute Gasteiger partial charge is 0.282 e. The molecule has 0 spiro atoms. The minimum atomic E-state index is -3.38. The Labute approximate surface area is 77.2 Å². The Kier molecular flexibility index (Phi) is 1.73. The minimum absolute atomic E-state index is 0.253. The molecule has 3 nitrogen and oxygen atoms in total. The molecule has 1 heterocycles. The first-order chi connectivity index (χ1) is 6.09. The Morgan fingerprint density at radius 3 is 3.00 bits per heavy atom. The molecule has 1 unspecified atom stereocenters. The quantitative estimate of drug-likeness (QED) is 0.586. The van der Waals surface area contributed by atoms with Crippen molar-refractivity contribution in [2.45, 2.75) is 6.92 Å². The number of allylic oxidation sites excluding steroid dienone is 5. The van der Waals surface area contributed by atoms with Crippen molar-refractivity contribution in [1.82, 2.24) is 0 Å². The number of fused-ring (bicyclic) bond motifs is 1. The van der Waals surface area contributed by atoms with E-state index in [0.29, 0.717) is 10.5 Å². The van der Waals surface area contributed by atoms with Crippen LogP contribution in [0.25, 0.3) is 0 Å². The molecule has 0 fully saturated rings. The Morgan fingerprint density at radius 1 is 1.46 bits per heavy atom. The summed E-state index contributed by atoms with van der Waals surface area (Å²) in [6.45, 7) is 2.00. The summed E-state index contributed by atoms with van der Waals surface area (Å²) in [5.41, 5.74) is 0.706. The van der Waals surface area contributed by atoms with Crippen molar-refractivity contribution in [3.63, 3.8) is 0 Å². The molecule has 0 N–H and O–H groups in total.